The van der Waals surface area contributed by atoms with Gasteiger partial charge in [-0.05, 0) is 61.4 Å². The Balaban J connectivity index is 1.47. The molecule has 5 aromatic rings. The van der Waals surface area contributed by atoms with Crippen molar-refractivity contribution < 1.29 is 4.74 Å². The second-order valence-electron chi connectivity index (χ2n) is 8.96. The smallest absolute Gasteiger partial charge is 0.231 e. The molecule has 0 aliphatic heterocycles. The fourth-order valence-electron chi connectivity index (χ4n) is 3.95. The Morgan fingerprint density at radius 1 is 0.659 bits per heavy atom. The highest BCUT2D eigenvalue weighted by atomic mass is 16.5. The maximum absolute atomic E-state index is 5.62. The first-order valence-electron chi connectivity index (χ1n) is 12.9. The molecule has 3 N–H and O–H groups in total. The number of hydrazone groups is 2. The molecule has 41 heavy (non-hydrogen) atoms. The molecule has 5 rings (SSSR count). The van der Waals surface area contributed by atoms with Crippen LogP contribution in [0.4, 0.5) is 23.3 Å². The second-order valence-corrected chi connectivity index (χ2v) is 8.96. The van der Waals surface area contributed by atoms with E-state index in [1.165, 1.54) is 0 Å². The Morgan fingerprint density at radius 3 is 1.76 bits per heavy atom. The number of nitrogens with zero attached hydrogens (tertiary/aromatic N) is 6. The van der Waals surface area contributed by atoms with Crippen molar-refractivity contribution in [2.75, 3.05) is 23.3 Å². The van der Waals surface area contributed by atoms with Gasteiger partial charge in [-0.3, -0.25) is 20.8 Å². The van der Waals surface area contributed by atoms with Crippen LogP contribution in [-0.4, -0.2) is 38.5 Å². The molecule has 0 saturated heterocycles. The van der Waals surface area contributed by atoms with Gasteiger partial charge in [0.15, 0.2) is 11.6 Å². The van der Waals surface area contributed by atoms with Crippen molar-refractivity contribution in [1.82, 2.24) is 19.9 Å². The SMILES string of the molecule is COc1ccc(-c2ccccc2)cc1Nc1nc(NN=C(C)c2ccncc2)cc(NN=C(C)c2ccncc2)n1. The van der Waals surface area contributed by atoms with E-state index >= 15 is 0 Å². The molecule has 10 heteroatoms. The van der Waals surface area contributed by atoms with Crippen LogP contribution >= 0.6 is 0 Å². The lowest BCUT2D eigenvalue weighted by atomic mass is 10.0. The number of aromatic nitrogens is 4. The topological polar surface area (TPSA) is 122 Å². The lowest BCUT2D eigenvalue weighted by molar-refractivity contribution is 0.417. The van der Waals surface area contributed by atoms with Crippen molar-refractivity contribution in [1.29, 1.82) is 0 Å². The summed E-state index contributed by atoms with van der Waals surface area (Å²) in [5.41, 5.74) is 12.3. The van der Waals surface area contributed by atoms with Crippen molar-refractivity contribution in [3.05, 3.63) is 115 Å². The van der Waals surface area contributed by atoms with Crippen molar-refractivity contribution >= 4 is 34.7 Å². The maximum Gasteiger partial charge on any atom is 0.231 e. The van der Waals surface area contributed by atoms with Gasteiger partial charge in [0.25, 0.3) is 0 Å². The summed E-state index contributed by atoms with van der Waals surface area (Å²) in [7, 11) is 1.63. The van der Waals surface area contributed by atoms with Gasteiger partial charge in [-0.2, -0.15) is 20.2 Å². The summed E-state index contributed by atoms with van der Waals surface area (Å²) in [5, 5.41) is 12.3. The van der Waals surface area contributed by atoms with Gasteiger partial charge in [0, 0.05) is 42.0 Å². The second kappa shape index (κ2) is 12.9. The first-order valence-corrected chi connectivity index (χ1v) is 12.9. The molecule has 0 fully saturated rings. The number of hydrogen-bond acceptors (Lipinski definition) is 10. The Morgan fingerprint density at radius 2 is 1.22 bits per heavy atom. The minimum Gasteiger partial charge on any atom is -0.495 e. The highest BCUT2D eigenvalue weighted by molar-refractivity contribution is 5.99. The first-order chi connectivity index (χ1) is 20.1. The largest absolute Gasteiger partial charge is 0.495 e. The Labute approximate surface area is 238 Å². The molecule has 0 saturated carbocycles. The quantitative estimate of drug-likeness (QED) is 0.137. The third-order valence-electron chi connectivity index (χ3n) is 6.15. The predicted molar refractivity (Wildman–Crippen MR) is 164 cm³/mol. The van der Waals surface area contributed by atoms with E-state index in [-0.39, 0.29) is 0 Å². The molecule has 0 atom stereocenters. The average molecular weight is 544 g/mol. The van der Waals surface area contributed by atoms with Crippen LogP contribution in [0.15, 0.2) is 114 Å². The summed E-state index contributed by atoms with van der Waals surface area (Å²) in [6.07, 6.45) is 6.90. The minimum atomic E-state index is 0.328. The summed E-state index contributed by atoms with van der Waals surface area (Å²) in [6, 6.07) is 25.3. The zero-order valence-corrected chi connectivity index (χ0v) is 22.9. The van der Waals surface area contributed by atoms with E-state index in [0.29, 0.717) is 29.0 Å². The van der Waals surface area contributed by atoms with E-state index in [1.54, 1.807) is 38.0 Å². The van der Waals surface area contributed by atoms with Crippen LogP contribution in [0.3, 0.4) is 0 Å². The molecular formula is C31H29N9O. The van der Waals surface area contributed by atoms with Crippen molar-refractivity contribution in [3.8, 4) is 16.9 Å². The summed E-state index contributed by atoms with van der Waals surface area (Å²) in [6.45, 7) is 3.81. The standard InChI is InChI=1S/C31H29N9O/c1-21(23-11-15-32-16-12-23)37-39-29-20-30(40-38-22(2)24-13-17-33-18-14-24)36-31(35-29)34-27-19-26(9-10-28(27)41-3)25-7-5-4-6-8-25/h4-20H,1-3H3,(H3,34,35,36,39,40). The lowest BCUT2D eigenvalue weighted by Crippen LogP contribution is -2.07. The molecule has 0 unspecified atom stereocenters. The van der Waals surface area contributed by atoms with Crippen molar-refractivity contribution in [2.45, 2.75) is 13.8 Å². The molecule has 0 radical (unpaired) electrons. The van der Waals surface area contributed by atoms with Gasteiger partial charge in [-0.1, -0.05) is 36.4 Å². The molecule has 204 valence electrons. The van der Waals surface area contributed by atoms with Gasteiger partial charge in [0.1, 0.15) is 5.75 Å². The Bertz CT molecular complexity index is 1580. The number of rotatable bonds is 10. The normalized spacial score (nSPS) is 11.6. The zero-order valence-electron chi connectivity index (χ0n) is 22.9. The molecule has 3 heterocycles. The van der Waals surface area contributed by atoms with E-state index in [9.17, 15) is 0 Å². The first kappa shape index (κ1) is 26.9. The molecule has 10 nitrogen and oxygen atoms in total. The van der Waals surface area contributed by atoms with Gasteiger partial charge in [-0.25, -0.2) is 0 Å². The predicted octanol–water partition coefficient (Wildman–Crippen LogP) is 6.36. The molecule has 0 aliphatic rings. The molecule has 2 aromatic carbocycles. The van der Waals surface area contributed by atoms with Crippen LogP contribution in [0.2, 0.25) is 0 Å². The Hall–Kier alpha value is -5.64. The van der Waals surface area contributed by atoms with Crippen LogP contribution in [0.5, 0.6) is 5.75 Å². The van der Waals surface area contributed by atoms with Gasteiger partial charge in [0.2, 0.25) is 5.95 Å². The zero-order chi connectivity index (χ0) is 28.4. The monoisotopic (exact) mass is 543 g/mol. The molecule has 0 aliphatic carbocycles. The van der Waals surface area contributed by atoms with Crippen LogP contribution in [0, 0.1) is 0 Å². The Kier molecular flexibility index (Phi) is 8.50. The number of pyridine rings is 2. The van der Waals surface area contributed by atoms with Gasteiger partial charge >= 0.3 is 0 Å². The molecule has 0 spiro atoms. The van der Waals surface area contributed by atoms with E-state index < -0.39 is 0 Å². The van der Waals surface area contributed by atoms with Crippen molar-refractivity contribution in [3.63, 3.8) is 0 Å². The van der Waals surface area contributed by atoms with E-state index in [2.05, 4.69) is 58.4 Å². The van der Waals surface area contributed by atoms with Crippen LogP contribution in [-0.2, 0) is 0 Å². The number of methoxy groups -OCH3 is 1. The number of anilines is 4. The lowest BCUT2D eigenvalue weighted by Gasteiger charge is -2.14. The van der Waals surface area contributed by atoms with Crippen molar-refractivity contribution in [2.24, 2.45) is 10.2 Å². The maximum atomic E-state index is 5.62. The van der Waals surface area contributed by atoms with Crippen LogP contribution in [0.1, 0.15) is 25.0 Å². The van der Waals surface area contributed by atoms with Gasteiger partial charge < -0.3 is 10.1 Å². The average Bonchev–Trinajstić information content (AvgIpc) is 3.03. The summed E-state index contributed by atoms with van der Waals surface area (Å²) < 4.78 is 5.62. The third kappa shape index (κ3) is 7.07. The fourth-order valence-corrected chi connectivity index (χ4v) is 3.95. The van der Waals surface area contributed by atoms with E-state index in [0.717, 1.165) is 33.7 Å². The van der Waals surface area contributed by atoms with E-state index in [1.807, 2.05) is 74.5 Å². The third-order valence-corrected chi connectivity index (χ3v) is 6.15. The van der Waals surface area contributed by atoms with E-state index in [4.69, 9.17) is 4.74 Å². The number of nitrogens with one attached hydrogen (secondary N) is 3. The number of benzene rings is 2. The van der Waals surface area contributed by atoms with Crippen LogP contribution < -0.4 is 20.9 Å². The highest BCUT2D eigenvalue weighted by Crippen LogP contribution is 2.32. The summed E-state index contributed by atoms with van der Waals surface area (Å²) >= 11 is 0. The number of hydrogen-bond donors (Lipinski definition) is 3. The summed E-state index contributed by atoms with van der Waals surface area (Å²) in [4.78, 5) is 17.4. The molecule has 3 aromatic heterocycles. The molecule has 0 bridgehead atoms. The molecular weight excluding hydrogens is 514 g/mol. The fraction of sp³-hybridized carbons (Fsp3) is 0.0968. The highest BCUT2D eigenvalue weighted by Gasteiger charge is 2.11. The summed E-state index contributed by atoms with van der Waals surface area (Å²) in [5.74, 6) is 1.91. The van der Waals surface area contributed by atoms with Crippen LogP contribution in [0.25, 0.3) is 11.1 Å². The minimum absolute atomic E-state index is 0.328. The van der Waals surface area contributed by atoms with Gasteiger partial charge in [0.05, 0.1) is 24.2 Å². The molecule has 0 amide bonds. The number of ether oxygens (including phenoxy) is 1. The van der Waals surface area contributed by atoms with Gasteiger partial charge in [-0.15, -0.1) is 0 Å².